The van der Waals surface area contributed by atoms with Gasteiger partial charge in [-0.1, -0.05) is 17.7 Å². The van der Waals surface area contributed by atoms with Crippen LogP contribution >= 0.6 is 0 Å². The summed E-state index contributed by atoms with van der Waals surface area (Å²) >= 11 is 0. The Morgan fingerprint density at radius 2 is 1.91 bits per heavy atom. The molecule has 4 nitrogen and oxygen atoms in total. The second-order valence-electron chi connectivity index (χ2n) is 5.58. The van der Waals surface area contributed by atoms with Gasteiger partial charge in [0.05, 0.1) is 18.5 Å². The molecule has 0 atom stereocenters. The molecular formula is C18H21N3O. The third kappa shape index (κ3) is 2.46. The Labute approximate surface area is 130 Å². The number of aryl methyl sites for hydroxylation is 2. The van der Waals surface area contributed by atoms with Crippen LogP contribution in [0.3, 0.4) is 0 Å². The fourth-order valence-corrected chi connectivity index (χ4v) is 2.80. The summed E-state index contributed by atoms with van der Waals surface area (Å²) in [5.74, 6) is 0.854. The highest BCUT2D eigenvalue weighted by Crippen LogP contribution is 2.34. The van der Waals surface area contributed by atoms with Gasteiger partial charge in [-0.2, -0.15) is 0 Å². The van der Waals surface area contributed by atoms with E-state index in [0.717, 1.165) is 34.8 Å². The lowest BCUT2D eigenvalue weighted by molar-refractivity contribution is 0.416. The Bertz CT molecular complexity index is 821. The van der Waals surface area contributed by atoms with Crippen molar-refractivity contribution >= 4 is 5.65 Å². The van der Waals surface area contributed by atoms with E-state index in [-0.39, 0.29) is 0 Å². The molecular weight excluding hydrogens is 274 g/mol. The third-order valence-electron chi connectivity index (χ3n) is 3.83. The number of fused-ring (bicyclic) bond motifs is 1. The van der Waals surface area contributed by atoms with E-state index in [1.807, 2.05) is 12.1 Å². The summed E-state index contributed by atoms with van der Waals surface area (Å²) in [7, 11) is 1.70. The van der Waals surface area contributed by atoms with E-state index in [0.29, 0.717) is 6.54 Å². The van der Waals surface area contributed by atoms with Gasteiger partial charge in [0.2, 0.25) is 0 Å². The van der Waals surface area contributed by atoms with Crippen molar-refractivity contribution in [1.29, 1.82) is 0 Å². The van der Waals surface area contributed by atoms with Crippen molar-refractivity contribution < 1.29 is 4.74 Å². The molecule has 2 N–H and O–H groups in total. The minimum atomic E-state index is 0.573. The molecule has 0 amide bonds. The number of hydrogen-bond acceptors (Lipinski definition) is 3. The molecule has 0 fully saturated rings. The molecule has 1 aromatic carbocycles. The van der Waals surface area contributed by atoms with Gasteiger partial charge in [-0.15, -0.1) is 0 Å². The van der Waals surface area contributed by atoms with Gasteiger partial charge in [0, 0.05) is 18.2 Å². The molecule has 3 aromatic rings. The van der Waals surface area contributed by atoms with Gasteiger partial charge < -0.3 is 10.5 Å². The van der Waals surface area contributed by atoms with E-state index in [1.165, 1.54) is 11.1 Å². The lowest BCUT2D eigenvalue weighted by Crippen LogP contribution is -2.05. The number of nitrogens with two attached hydrogens (primary N) is 1. The molecule has 2 aromatic heterocycles. The molecule has 0 saturated heterocycles. The number of ether oxygens (including phenoxy) is 1. The lowest BCUT2D eigenvalue weighted by Gasteiger charge is -2.11. The molecule has 114 valence electrons. The largest absolute Gasteiger partial charge is 0.496 e. The van der Waals surface area contributed by atoms with Crippen LogP contribution in [0, 0.1) is 13.8 Å². The second kappa shape index (κ2) is 5.81. The molecule has 0 radical (unpaired) electrons. The average molecular weight is 295 g/mol. The fourth-order valence-electron chi connectivity index (χ4n) is 2.80. The van der Waals surface area contributed by atoms with Crippen LogP contribution in [-0.4, -0.2) is 23.0 Å². The summed E-state index contributed by atoms with van der Waals surface area (Å²) in [4.78, 5) is 4.75. The zero-order chi connectivity index (χ0) is 15.7. The number of nitrogens with zero attached hydrogens (tertiary/aromatic N) is 2. The molecule has 4 heteroatoms. The van der Waals surface area contributed by atoms with E-state index in [9.17, 15) is 0 Å². The van der Waals surface area contributed by atoms with Crippen LogP contribution in [0.25, 0.3) is 16.9 Å². The molecule has 0 aliphatic carbocycles. The van der Waals surface area contributed by atoms with Crippen molar-refractivity contribution in [3.8, 4) is 17.0 Å². The minimum Gasteiger partial charge on any atom is -0.496 e. The predicted molar refractivity (Wildman–Crippen MR) is 89.4 cm³/mol. The molecule has 0 aliphatic heterocycles. The number of methoxy groups -OCH3 is 1. The Morgan fingerprint density at radius 1 is 1.14 bits per heavy atom. The van der Waals surface area contributed by atoms with Gasteiger partial charge in [-0.3, -0.25) is 4.40 Å². The van der Waals surface area contributed by atoms with Crippen LogP contribution in [0.5, 0.6) is 5.75 Å². The maximum Gasteiger partial charge on any atom is 0.137 e. The first kappa shape index (κ1) is 14.6. The molecule has 22 heavy (non-hydrogen) atoms. The quantitative estimate of drug-likeness (QED) is 0.804. The third-order valence-corrected chi connectivity index (χ3v) is 3.83. The molecule has 0 spiro atoms. The minimum absolute atomic E-state index is 0.573. The highest BCUT2D eigenvalue weighted by atomic mass is 16.5. The number of benzene rings is 1. The molecule has 0 saturated carbocycles. The van der Waals surface area contributed by atoms with Crippen LogP contribution in [0.15, 0.2) is 36.5 Å². The van der Waals surface area contributed by atoms with E-state index in [1.54, 1.807) is 7.11 Å². The Balaban J connectivity index is 2.35. The fraction of sp³-hybridized carbons (Fsp3) is 0.278. The SMILES string of the molecule is COc1ccc(C)cc1-c1c(CCN)nc2ccc(C)cn12. The standard InChI is InChI=1S/C18H21N3O/c1-12-4-6-16(22-3)14(10-12)18-15(8-9-19)20-17-7-5-13(2)11-21(17)18/h4-7,10-11H,8-9,19H2,1-3H3. The van der Waals surface area contributed by atoms with Gasteiger partial charge >= 0.3 is 0 Å². The second-order valence-corrected chi connectivity index (χ2v) is 5.58. The van der Waals surface area contributed by atoms with Crippen molar-refractivity contribution in [1.82, 2.24) is 9.38 Å². The van der Waals surface area contributed by atoms with Crippen molar-refractivity contribution in [3.63, 3.8) is 0 Å². The lowest BCUT2D eigenvalue weighted by atomic mass is 10.0. The highest BCUT2D eigenvalue weighted by Gasteiger charge is 2.17. The number of imidazole rings is 1. The van der Waals surface area contributed by atoms with Crippen LogP contribution in [0.2, 0.25) is 0 Å². The van der Waals surface area contributed by atoms with Crippen LogP contribution in [0.1, 0.15) is 16.8 Å². The Hall–Kier alpha value is -2.33. The Morgan fingerprint density at radius 3 is 2.64 bits per heavy atom. The number of aromatic nitrogens is 2. The van der Waals surface area contributed by atoms with E-state index < -0.39 is 0 Å². The van der Waals surface area contributed by atoms with Gasteiger partial charge in [-0.05, 0) is 44.2 Å². The van der Waals surface area contributed by atoms with Crippen LogP contribution in [0.4, 0.5) is 0 Å². The predicted octanol–water partition coefficient (Wildman–Crippen LogP) is 3.13. The van der Waals surface area contributed by atoms with Crippen molar-refractivity contribution in [2.45, 2.75) is 20.3 Å². The smallest absolute Gasteiger partial charge is 0.137 e. The maximum atomic E-state index is 5.78. The first-order chi connectivity index (χ1) is 10.6. The Kier molecular flexibility index (Phi) is 3.86. The van der Waals surface area contributed by atoms with Crippen molar-refractivity contribution in [2.24, 2.45) is 5.73 Å². The molecule has 3 rings (SSSR count). The van der Waals surface area contributed by atoms with Crippen molar-refractivity contribution in [2.75, 3.05) is 13.7 Å². The summed E-state index contributed by atoms with van der Waals surface area (Å²) in [6.07, 6.45) is 2.85. The number of pyridine rings is 1. The molecule has 0 aliphatic rings. The van der Waals surface area contributed by atoms with Crippen LogP contribution in [-0.2, 0) is 6.42 Å². The van der Waals surface area contributed by atoms with Crippen molar-refractivity contribution in [3.05, 3.63) is 53.3 Å². The normalized spacial score (nSPS) is 11.1. The first-order valence-electron chi connectivity index (χ1n) is 7.46. The summed E-state index contributed by atoms with van der Waals surface area (Å²) in [6, 6.07) is 10.3. The summed E-state index contributed by atoms with van der Waals surface area (Å²) < 4.78 is 7.70. The van der Waals surface area contributed by atoms with Crippen LogP contribution < -0.4 is 10.5 Å². The monoisotopic (exact) mass is 295 g/mol. The van der Waals surface area contributed by atoms with Gasteiger partial charge in [0.15, 0.2) is 0 Å². The first-order valence-corrected chi connectivity index (χ1v) is 7.46. The topological polar surface area (TPSA) is 52.5 Å². The average Bonchev–Trinajstić information content (AvgIpc) is 2.84. The molecule has 2 heterocycles. The van der Waals surface area contributed by atoms with Gasteiger partial charge in [-0.25, -0.2) is 4.98 Å². The van der Waals surface area contributed by atoms with Gasteiger partial charge in [0.1, 0.15) is 11.4 Å². The van der Waals surface area contributed by atoms with E-state index in [2.05, 4.69) is 42.6 Å². The number of hydrogen-bond donors (Lipinski definition) is 1. The summed E-state index contributed by atoms with van der Waals surface area (Å²) in [5, 5.41) is 0. The zero-order valence-corrected chi connectivity index (χ0v) is 13.3. The van der Waals surface area contributed by atoms with Gasteiger partial charge in [0.25, 0.3) is 0 Å². The zero-order valence-electron chi connectivity index (χ0n) is 13.3. The van der Waals surface area contributed by atoms with E-state index in [4.69, 9.17) is 15.5 Å². The van der Waals surface area contributed by atoms with E-state index >= 15 is 0 Å². The maximum absolute atomic E-state index is 5.78. The number of rotatable bonds is 4. The summed E-state index contributed by atoms with van der Waals surface area (Å²) in [6.45, 7) is 4.74. The molecule has 0 unspecified atom stereocenters. The summed E-state index contributed by atoms with van der Waals surface area (Å²) in [5.41, 5.74) is 12.2. The molecule has 0 bridgehead atoms. The highest BCUT2D eigenvalue weighted by molar-refractivity contribution is 5.73.